The highest BCUT2D eigenvalue weighted by atomic mass is 35.5. The van der Waals surface area contributed by atoms with Crippen molar-refractivity contribution in [3.8, 4) is 0 Å². The molecule has 1 aromatic rings. The van der Waals surface area contributed by atoms with Gasteiger partial charge in [-0.2, -0.15) is 5.10 Å². The Morgan fingerprint density at radius 2 is 2.17 bits per heavy atom. The van der Waals surface area contributed by atoms with Crippen LogP contribution in [0, 0.1) is 5.92 Å². The van der Waals surface area contributed by atoms with E-state index >= 15 is 0 Å². The maximum Gasteiger partial charge on any atom is 0.317 e. The minimum Gasteiger partial charge on any atom is -0.338 e. The molecule has 8 nitrogen and oxygen atoms in total. The quantitative estimate of drug-likeness (QED) is 0.842. The lowest BCUT2D eigenvalue weighted by Crippen LogP contribution is -2.41. The van der Waals surface area contributed by atoms with E-state index in [0.717, 1.165) is 12.8 Å². The van der Waals surface area contributed by atoms with Crippen molar-refractivity contribution < 1.29 is 13.2 Å². The van der Waals surface area contributed by atoms with Crippen molar-refractivity contribution in [2.24, 2.45) is 5.92 Å². The summed E-state index contributed by atoms with van der Waals surface area (Å²) in [7, 11) is -3.14. The fraction of sp³-hybridized carbons (Fsp3) is 0.714. The minimum absolute atomic E-state index is 0.103. The average Bonchev–Trinajstić information content (AvgIpc) is 3.23. The molecule has 10 heteroatoms. The van der Waals surface area contributed by atoms with Gasteiger partial charge >= 0.3 is 6.03 Å². The summed E-state index contributed by atoms with van der Waals surface area (Å²) in [4.78, 5) is 14.1. The van der Waals surface area contributed by atoms with Gasteiger partial charge in [-0.25, -0.2) is 17.5 Å². The summed E-state index contributed by atoms with van der Waals surface area (Å²) < 4.78 is 26.3. The summed E-state index contributed by atoms with van der Waals surface area (Å²) >= 11 is 5.88. The van der Waals surface area contributed by atoms with Crippen LogP contribution >= 0.6 is 11.6 Å². The largest absolute Gasteiger partial charge is 0.338 e. The van der Waals surface area contributed by atoms with Crippen LogP contribution in [-0.4, -0.2) is 72.4 Å². The van der Waals surface area contributed by atoms with Gasteiger partial charge in [-0.3, -0.25) is 4.68 Å². The van der Waals surface area contributed by atoms with E-state index in [2.05, 4.69) is 10.4 Å². The molecule has 0 spiro atoms. The van der Waals surface area contributed by atoms with E-state index in [-0.39, 0.29) is 18.0 Å². The highest BCUT2D eigenvalue weighted by Crippen LogP contribution is 2.23. The molecule has 2 atom stereocenters. The number of rotatable bonds is 4. The smallest absolute Gasteiger partial charge is 0.317 e. The molecule has 2 unspecified atom stereocenters. The molecule has 0 saturated carbocycles. The molecular formula is C14H22ClN5O3S. The molecule has 24 heavy (non-hydrogen) atoms. The Bertz CT molecular complexity index is 707. The topological polar surface area (TPSA) is 87.5 Å². The van der Waals surface area contributed by atoms with Crippen molar-refractivity contribution in [3.05, 3.63) is 17.4 Å². The normalized spacial score (nSPS) is 25.3. The zero-order valence-corrected chi connectivity index (χ0v) is 15.1. The van der Waals surface area contributed by atoms with Crippen LogP contribution < -0.4 is 5.32 Å². The summed E-state index contributed by atoms with van der Waals surface area (Å²) in [5, 5.41) is 7.71. The summed E-state index contributed by atoms with van der Waals surface area (Å²) in [5.41, 5.74) is 0. The Kier molecular flexibility index (Phi) is 5.03. The third kappa shape index (κ3) is 4.01. The third-order valence-corrected chi connectivity index (χ3v) is 6.12. The molecule has 2 aliphatic rings. The van der Waals surface area contributed by atoms with Gasteiger partial charge in [0.05, 0.1) is 23.5 Å². The molecule has 0 bridgehead atoms. The molecule has 0 radical (unpaired) electrons. The number of hydrogen-bond acceptors (Lipinski definition) is 4. The summed E-state index contributed by atoms with van der Waals surface area (Å²) in [6.45, 7) is 2.79. The zero-order valence-electron chi connectivity index (χ0n) is 13.6. The summed E-state index contributed by atoms with van der Waals surface area (Å²) in [6, 6.07) is 0.0454. The van der Waals surface area contributed by atoms with Gasteiger partial charge in [0.25, 0.3) is 0 Å². The monoisotopic (exact) mass is 375 g/mol. The Morgan fingerprint density at radius 3 is 2.79 bits per heavy atom. The van der Waals surface area contributed by atoms with Gasteiger partial charge in [0, 0.05) is 38.9 Å². The first-order chi connectivity index (χ1) is 11.3. The van der Waals surface area contributed by atoms with E-state index < -0.39 is 10.0 Å². The molecule has 3 rings (SSSR count). The number of nitrogens with zero attached hydrogens (tertiary/aromatic N) is 4. The second kappa shape index (κ2) is 6.89. The Hall–Kier alpha value is -1.32. The predicted molar refractivity (Wildman–Crippen MR) is 90.4 cm³/mol. The first-order valence-corrected chi connectivity index (χ1v) is 10.2. The molecule has 1 aromatic heterocycles. The number of urea groups is 1. The highest BCUT2D eigenvalue weighted by Gasteiger charge is 2.31. The van der Waals surface area contributed by atoms with E-state index in [9.17, 15) is 13.2 Å². The van der Waals surface area contributed by atoms with Crippen LogP contribution in [0.5, 0.6) is 0 Å². The Balaban J connectivity index is 1.45. The lowest BCUT2D eigenvalue weighted by atomic mass is 10.1. The number of hydrogen-bond donors (Lipinski definition) is 1. The van der Waals surface area contributed by atoms with Gasteiger partial charge < -0.3 is 10.2 Å². The Labute approximate surface area is 146 Å². The number of aromatic nitrogens is 2. The number of likely N-dealkylation sites (tertiary alicyclic amines) is 1. The summed E-state index contributed by atoms with van der Waals surface area (Å²) in [5.74, 6) is 0.173. The number of carbonyl (C=O) groups excluding carboxylic acids is 1. The number of carbonyl (C=O) groups is 1. The second-order valence-corrected chi connectivity index (χ2v) is 8.91. The van der Waals surface area contributed by atoms with Crippen molar-refractivity contribution in [2.45, 2.75) is 18.9 Å². The van der Waals surface area contributed by atoms with E-state index in [1.807, 2.05) is 0 Å². The van der Waals surface area contributed by atoms with Crippen molar-refractivity contribution in [2.75, 3.05) is 39.0 Å². The fourth-order valence-electron chi connectivity index (χ4n) is 3.27. The van der Waals surface area contributed by atoms with E-state index in [0.29, 0.717) is 37.7 Å². The summed E-state index contributed by atoms with van der Waals surface area (Å²) in [6.07, 6.45) is 6.21. The standard InChI is InChI=1S/C14H22ClN5O3S/c1-24(22,23)19-5-2-11(8-19)6-16-14(21)18-4-3-13(10-18)20-9-12(15)7-17-20/h7,9,11,13H,2-6,8,10H2,1H3,(H,16,21). The van der Waals surface area contributed by atoms with E-state index in [4.69, 9.17) is 11.6 Å². The SMILES string of the molecule is CS(=O)(=O)N1CCC(CNC(=O)N2CCC(n3cc(Cl)cn3)C2)C1. The fourth-order valence-corrected chi connectivity index (χ4v) is 4.33. The lowest BCUT2D eigenvalue weighted by Gasteiger charge is -2.19. The van der Waals surface area contributed by atoms with E-state index in [1.54, 1.807) is 22.0 Å². The molecule has 2 saturated heterocycles. The van der Waals surface area contributed by atoms with Crippen molar-refractivity contribution in [1.82, 2.24) is 24.3 Å². The third-order valence-electron chi connectivity index (χ3n) is 4.65. The van der Waals surface area contributed by atoms with Crippen LogP contribution in [0.25, 0.3) is 0 Å². The first-order valence-electron chi connectivity index (χ1n) is 8.00. The molecule has 2 amide bonds. The van der Waals surface area contributed by atoms with Crippen molar-refractivity contribution in [3.63, 3.8) is 0 Å². The Morgan fingerprint density at radius 1 is 1.38 bits per heavy atom. The van der Waals surface area contributed by atoms with Gasteiger partial charge in [0.15, 0.2) is 0 Å². The zero-order chi connectivity index (χ0) is 17.3. The molecule has 2 fully saturated rings. The van der Waals surface area contributed by atoms with Gasteiger partial charge in [-0.05, 0) is 18.8 Å². The van der Waals surface area contributed by atoms with Crippen LogP contribution in [0.3, 0.4) is 0 Å². The molecule has 0 aliphatic carbocycles. The predicted octanol–water partition coefficient (Wildman–Crippen LogP) is 0.774. The van der Waals surface area contributed by atoms with Crippen molar-refractivity contribution >= 4 is 27.7 Å². The molecule has 2 aliphatic heterocycles. The highest BCUT2D eigenvalue weighted by molar-refractivity contribution is 7.88. The van der Waals surface area contributed by atoms with Gasteiger partial charge in [-0.15, -0.1) is 0 Å². The number of sulfonamides is 1. The molecular weight excluding hydrogens is 354 g/mol. The van der Waals surface area contributed by atoms with Crippen LogP contribution in [-0.2, 0) is 10.0 Å². The molecule has 1 N–H and O–H groups in total. The van der Waals surface area contributed by atoms with Gasteiger partial charge in [-0.1, -0.05) is 11.6 Å². The molecule has 0 aromatic carbocycles. The maximum absolute atomic E-state index is 12.3. The van der Waals surface area contributed by atoms with Crippen LogP contribution in [0.15, 0.2) is 12.4 Å². The lowest BCUT2D eigenvalue weighted by molar-refractivity contribution is 0.205. The van der Waals surface area contributed by atoms with Gasteiger partial charge in [0.2, 0.25) is 10.0 Å². The molecule has 134 valence electrons. The first kappa shape index (κ1) is 17.5. The number of halogens is 1. The van der Waals surface area contributed by atoms with E-state index in [1.165, 1.54) is 10.6 Å². The van der Waals surface area contributed by atoms with Crippen LogP contribution in [0.2, 0.25) is 5.02 Å². The second-order valence-electron chi connectivity index (χ2n) is 6.49. The minimum atomic E-state index is -3.14. The average molecular weight is 376 g/mol. The number of nitrogens with one attached hydrogen (secondary N) is 1. The van der Waals surface area contributed by atoms with Crippen LogP contribution in [0.1, 0.15) is 18.9 Å². The van der Waals surface area contributed by atoms with Gasteiger partial charge in [0.1, 0.15) is 0 Å². The molecule has 3 heterocycles. The van der Waals surface area contributed by atoms with Crippen molar-refractivity contribution in [1.29, 1.82) is 0 Å². The van der Waals surface area contributed by atoms with Crippen LogP contribution in [0.4, 0.5) is 4.79 Å². The maximum atomic E-state index is 12.3. The number of amides is 2.